The molecule has 0 rings (SSSR count). The zero-order chi connectivity index (χ0) is 10.3. The second-order valence-electron chi connectivity index (χ2n) is 3.07. The van der Waals surface area contributed by atoms with Crippen LogP contribution in [0.1, 0.15) is 13.3 Å². The Morgan fingerprint density at radius 2 is 2.15 bits per heavy atom. The Balaban J connectivity index is 4.39. The largest absolute Gasteiger partial charge is 0.396 e. The monoisotopic (exact) mass is 248 g/mol. The van der Waals surface area contributed by atoms with Gasteiger partial charge in [0.2, 0.25) is 0 Å². The number of hydrogen-bond acceptors (Lipinski definition) is 2. The smallest absolute Gasteiger partial charge is 0.0462 e. The van der Waals surface area contributed by atoms with Gasteiger partial charge in [-0.3, -0.25) is 0 Å². The molecule has 0 aliphatic carbocycles. The van der Waals surface area contributed by atoms with E-state index in [4.69, 9.17) is 10.2 Å². The third-order valence-corrected chi connectivity index (χ3v) is 2.90. The standard InChI is InChI=1S/C10H17BrO2/c1-3-4-10(11)9(5-6-12)8(2)7-13/h3-4,8-9,12-13H,1,5-7H2,2H3/b10-4+. The molecular weight excluding hydrogens is 232 g/mol. The second-order valence-corrected chi connectivity index (χ2v) is 3.98. The molecule has 0 spiro atoms. The van der Waals surface area contributed by atoms with Gasteiger partial charge in [-0.1, -0.05) is 41.6 Å². The van der Waals surface area contributed by atoms with Gasteiger partial charge in [-0.2, -0.15) is 0 Å². The number of hydrogen-bond donors (Lipinski definition) is 2. The van der Waals surface area contributed by atoms with Crippen molar-refractivity contribution in [3.63, 3.8) is 0 Å². The van der Waals surface area contributed by atoms with E-state index < -0.39 is 0 Å². The van der Waals surface area contributed by atoms with Crippen LogP contribution in [0.15, 0.2) is 23.2 Å². The van der Waals surface area contributed by atoms with Gasteiger partial charge >= 0.3 is 0 Å². The van der Waals surface area contributed by atoms with Crippen LogP contribution in [-0.4, -0.2) is 23.4 Å². The summed E-state index contributed by atoms with van der Waals surface area (Å²) in [5.74, 6) is 0.325. The van der Waals surface area contributed by atoms with Crippen molar-refractivity contribution in [1.82, 2.24) is 0 Å². The van der Waals surface area contributed by atoms with Crippen LogP contribution in [-0.2, 0) is 0 Å². The van der Waals surface area contributed by atoms with Gasteiger partial charge in [0, 0.05) is 13.2 Å². The van der Waals surface area contributed by atoms with E-state index in [9.17, 15) is 0 Å². The number of aliphatic hydroxyl groups excluding tert-OH is 2. The lowest BCUT2D eigenvalue weighted by atomic mass is 9.91. The van der Waals surface area contributed by atoms with E-state index in [1.807, 2.05) is 13.0 Å². The maximum Gasteiger partial charge on any atom is 0.0462 e. The first-order chi connectivity index (χ1) is 6.17. The van der Waals surface area contributed by atoms with Gasteiger partial charge in [-0.25, -0.2) is 0 Å². The van der Waals surface area contributed by atoms with Gasteiger partial charge in [0.05, 0.1) is 0 Å². The Labute approximate surface area is 88.1 Å². The lowest BCUT2D eigenvalue weighted by Gasteiger charge is -2.20. The van der Waals surface area contributed by atoms with Gasteiger partial charge in [0.1, 0.15) is 0 Å². The Bertz CT molecular complexity index is 178. The summed E-state index contributed by atoms with van der Waals surface area (Å²) in [6.07, 6.45) is 4.21. The molecule has 0 heterocycles. The fourth-order valence-corrected chi connectivity index (χ4v) is 2.06. The third-order valence-electron chi connectivity index (χ3n) is 2.05. The summed E-state index contributed by atoms with van der Waals surface area (Å²) < 4.78 is 0.984. The highest BCUT2D eigenvalue weighted by atomic mass is 79.9. The second kappa shape index (κ2) is 7.30. The molecule has 0 aromatic carbocycles. The molecule has 0 fully saturated rings. The summed E-state index contributed by atoms with van der Waals surface area (Å²) in [6.45, 7) is 5.82. The molecule has 0 radical (unpaired) electrons. The van der Waals surface area contributed by atoms with Crippen LogP contribution in [0, 0.1) is 11.8 Å². The fraction of sp³-hybridized carbons (Fsp3) is 0.600. The van der Waals surface area contributed by atoms with Crippen LogP contribution < -0.4 is 0 Å². The van der Waals surface area contributed by atoms with Crippen molar-refractivity contribution in [3.05, 3.63) is 23.2 Å². The summed E-state index contributed by atoms with van der Waals surface area (Å²) in [4.78, 5) is 0. The molecule has 2 N–H and O–H groups in total. The summed E-state index contributed by atoms with van der Waals surface area (Å²) in [5.41, 5.74) is 0. The first-order valence-corrected chi connectivity index (χ1v) is 5.16. The fourth-order valence-electron chi connectivity index (χ4n) is 1.20. The summed E-state index contributed by atoms with van der Waals surface area (Å²) in [7, 11) is 0. The highest BCUT2D eigenvalue weighted by Crippen LogP contribution is 2.28. The minimum absolute atomic E-state index is 0.130. The molecule has 0 saturated carbocycles. The van der Waals surface area contributed by atoms with E-state index in [0.717, 1.165) is 4.48 Å². The Morgan fingerprint density at radius 3 is 2.54 bits per heavy atom. The molecule has 2 nitrogen and oxygen atoms in total. The van der Waals surface area contributed by atoms with E-state index in [-0.39, 0.29) is 25.0 Å². The maximum atomic E-state index is 8.99. The van der Waals surface area contributed by atoms with E-state index in [0.29, 0.717) is 6.42 Å². The highest BCUT2D eigenvalue weighted by Gasteiger charge is 2.18. The van der Waals surface area contributed by atoms with Crippen molar-refractivity contribution in [2.75, 3.05) is 13.2 Å². The summed E-state index contributed by atoms with van der Waals surface area (Å²) in [6, 6.07) is 0. The van der Waals surface area contributed by atoms with Crippen molar-refractivity contribution >= 4 is 15.9 Å². The van der Waals surface area contributed by atoms with E-state index in [1.54, 1.807) is 6.08 Å². The number of allylic oxidation sites excluding steroid dienone is 3. The predicted molar refractivity (Wildman–Crippen MR) is 58.6 cm³/mol. The van der Waals surface area contributed by atoms with Crippen LogP contribution in [0.2, 0.25) is 0 Å². The maximum absolute atomic E-state index is 8.99. The number of rotatable bonds is 6. The SMILES string of the molecule is C=C/C=C(/Br)C(CCO)C(C)CO. The summed E-state index contributed by atoms with van der Waals surface area (Å²) >= 11 is 3.41. The minimum atomic E-state index is 0.130. The van der Waals surface area contributed by atoms with Gasteiger partial charge < -0.3 is 10.2 Å². The third kappa shape index (κ3) is 4.60. The quantitative estimate of drug-likeness (QED) is 0.707. The molecule has 0 bridgehead atoms. The first kappa shape index (κ1) is 12.9. The molecule has 13 heavy (non-hydrogen) atoms. The molecule has 0 aliphatic rings. The zero-order valence-corrected chi connectivity index (χ0v) is 9.50. The van der Waals surface area contributed by atoms with Gasteiger partial charge in [0.15, 0.2) is 0 Å². The predicted octanol–water partition coefficient (Wildman–Crippen LogP) is 2.08. The normalized spacial score (nSPS) is 16.8. The van der Waals surface area contributed by atoms with Crippen LogP contribution in [0.4, 0.5) is 0 Å². The van der Waals surface area contributed by atoms with Gasteiger partial charge in [-0.05, 0) is 22.7 Å². The Kier molecular flexibility index (Phi) is 7.23. The van der Waals surface area contributed by atoms with Gasteiger partial charge in [-0.15, -0.1) is 0 Å². The molecule has 2 atom stereocenters. The van der Waals surface area contributed by atoms with Crippen LogP contribution >= 0.6 is 15.9 Å². The van der Waals surface area contributed by atoms with Crippen molar-refractivity contribution < 1.29 is 10.2 Å². The molecule has 0 amide bonds. The van der Waals surface area contributed by atoms with Crippen LogP contribution in [0.3, 0.4) is 0 Å². The number of halogens is 1. The molecule has 0 aromatic heterocycles. The average molecular weight is 249 g/mol. The average Bonchev–Trinajstić information content (AvgIpc) is 2.13. The molecule has 0 aliphatic heterocycles. The Morgan fingerprint density at radius 1 is 1.54 bits per heavy atom. The molecule has 76 valence electrons. The van der Waals surface area contributed by atoms with Gasteiger partial charge in [0.25, 0.3) is 0 Å². The van der Waals surface area contributed by atoms with E-state index in [2.05, 4.69) is 22.5 Å². The molecule has 2 unspecified atom stereocenters. The van der Waals surface area contributed by atoms with Crippen LogP contribution in [0.5, 0.6) is 0 Å². The highest BCUT2D eigenvalue weighted by molar-refractivity contribution is 9.11. The molecule has 3 heteroatoms. The first-order valence-electron chi connectivity index (χ1n) is 4.37. The lowest BCUT2D eigenvalue weighted by molar-refractivity contribution is 0.180. The van der Waals surface area contributed by atoms with Crippen LogP contribution in [0.25, 0.3) is 0 Å². The van der Waals surface area contributed by atoms with Crippen molar-refractivity contribution in [2.45, 2.75) is 13.3 Å². The molecule has 0 aromatic rings. The molecular formula is C10H17BrO2. The van der Waals surface area contributed by atoms with Crippen molar-refractivity contribution in [2.24, 2.45) is 11.8 Å². The zero-order valence-electron chi connectivity index (χ0n) is 7.91. The Hall–Kier alpha value is -0.120. The van der Waals surface area contributed by atoms with E-state index >= 15 is 0 Å². The number of aliphatic hydroxyl groups is 2. The topological polar surface area (TPSA) is 40.5 Å². The minimum Gasteiger partial charge on any atom is -0.396 e. The molecule has 0 saturated heterocycles. The van der Waals surface area contributed by atoms with E-state index in [1.165, 1.54) is 0 Å². The van der Waals surface area contributed by atoms with Crippen molar-refractivity contribution in [1.29, 1.82) is 0 Å². The summed E-state index contributed by atoms with van der Waals surface area (Å²) in [5, 5.41) is 17.8. The van der Waals surface area contributed by atoms with Crippen molar-refractivity contribution in [3.8, 4) is 0 Å². The lowest BCUT2D eigenvalue weighted by Crippen LogP contribution is -2.17.